The van der Waals surface area contributed by atoms with Crippen LogP contribution >= 0.6 is 0 Å². The highest BCUT2D eigenvalue weighted by molar-refractivity contribution is 5.87. The number of methoxy groups -OCH3 is 1. The number of nitrogens with one attached hydrogen (secondary N) is 1. The van der Waals surface area contributed by atoms with Gasteiger partial charge in [0, 0.05) is 12.0 Å². The van der Waals surface area contributed by atoms with Crippen LogP contribution in [0.2, 0.25) is 0 Å². The highest BCUT2D eigenvalue weighted by Gasteiger charge is 2.56. The summed E-state index contributed by atoms with van der Waals surface area (Å²) < 4.78 is 10.6. The Morgan fingerprint density at radius 3 is 2.36 bits per heavy atom. The van der Waals surface area contributed by atoms with Crippen molar-refractivity contribution < 1.29 is 14.3 Å². The molecule has 1 aliphatic carbocycles. The Morgan fingerprint density at radius 1 is 1.32 bits per heavy atom. The minimum Gasteiger partial charge on any atom is -0.495 e. The predicted molar refractivity (Wildman–Crippen MR) is 87.3 cm³/mol. The van der Waals surface area contributed by atoms with Crippen LogP contribution in [0.1, 0.15) is 46.1 Å². The minimum atomic E-state index is -0.540. The molecular weight excluding hydrogens is 280 g/mol. The Kier molecular flexibility index (Phi) is 4.13. The van der Waals surface area contributed by atoms with Crippen molar-refractivity contribution in [3.63, 3.8) is 0 Å². The van der Waals surface area contributed by atoms with Gasteiger partial charge in [-0.05, 0) is 43.9 Å². The van der Waals surface area contributed by atoms with Gasteiger partial charge in [-0.2, -0.15) is 0 Å². The van der Waals surface area contributed by atoms with E-state index in [1.807, 2.05) is 39.0 Å². The fourth-order valence-corrected chi connectivity index (χ4v) is 2.73. The largest absolute Gasteiger partial charge is 0.495 e. The number of anilines is 1. The first-order valence-electron chi connectivity index (χ1n) is 7.50. The van der Waals surface area contributed by atoms with Crippen molar-refractivity contribution in [3.8, 4) is 5.75 Å². The molecule has 1 aliphatic rings. The summed E-state index contributed by atoms with van der Waals surface area (Å²) in [5.74, 6) is 0.926. The van der Waals surface area contributed by atoms with Crippen molar-refractivity contribution in [2.75, 3.05) is 12.4 Å². The zero-order valence-corrected chi connectivity index (χ0v) is 14.2. The molecular formula is C17H26N2O3. The van der Waals surface area contributed by atoms with Crippen molar-refractivity contribution >= 4 is 11.8 Å². The number of hydrogen-bond donors (Lipinski definition) is 2. The third-order valence-corrected chi connectivity index (χ3v) is 4.13. The van der Waals surface area contributed by atoms with Gasteiger partial charge < -0.3 is 15.2 Å². The number of hydrogen-bond acceptors (Lipinski definition) is 4. The second-order valence-corrected chi connectivity index (χ2v) is 7.41. The molecule has 0 spiro atoms. The molecule has 22 heavy (non-hydrogen) atoms. The fraction of sp³-hybridized carbons (Fsp3) is 0.588. The second-order valence-electron chi connectivity index (χ2n) is 7.41. The van der Waals surface area contributed by atoms with Crippen molar-refractivity contribution in [1.82, 2.24) is 0 Å². The van der Waals surface area contributed by atoms with Gasteiger partial charge in [-0.15, -0.1) is 0 Å². The molecule has 0 aromatic heterocycles. The summed E-state index contributed by atoms with van der Waals surface area (Å²) in [5.41, 5.74) is 7.41. The van der Waals surface area contributed by atoms with Crippen molar-refractivity contribution in [1.29, 1.82) is 0 Å². The Balaban J connectivity index is 2.15. The maximum atomic E-state index is 11.9. The Morgan fingerprint density at radius 2 is 1.91 bits per heavy atom. The lowest BCUT2D eigenvalue weighted by Gasteiger charge is -2.20. The maximum Gasteiger partial charge on any atom is 0.412 e. The molecule has 1 aromatic rings. The molecule has 5 nitrogen and oxygen atoms in total. The molecule has 1 saturated carbocycles. The Hall–Kier alpha value is -1.75. The number of benzene rings is 1. The van der Waals surface area contributed by atoms with Crippen LogP contribution in [0.15, 0.2) is 18.2 Å². The fourth-order valence-electron chi connectivity index (χ4n) is 2.73. The standard InChI is InChI=1S/C17H26N2O3/c1-16(2,3)22-15(20)19-11-8-7-10(9-12(11)21-6)13-14(18)17(13,4)5/h7-9,13-14H,18H2,1-6H3,(H,19,20)/t13-,14-/m0/s1. The lowest BCUT2D eigenvalue weighted by Crippen LogP contribution is -2.27. The molecule has 0 saturated heterocycles. The molecule has 0 bridgehead atoms. The second kappa shape index (κ2) is 5.47. The molecule has 0 unspecified atom stereocenters. The van der Waals surface area contributed by atoms with Crippen LogP contribution in [0.4, 0.5) is 10.5 Å². The first-order valence-corrected chi connectivity index (χ1v) is 7.50. The van der Waals surface area contributed by atoms with Gasteiger partial charge in [0.2, 0.25) is 0 Å². The zero-order chi connectivity index (χ0) is 16.7. The van der Waals surface area contributed by atoms with Crippen molar-refractivity contribution in [2.45, 2.75) is 52.2 Å². The SMILES string of the molecule is COc1cc([C@H]2[C@H](N)C2(C)C)ccc1NC(=O)OC(C)(C)C. The van der Waals surface area contributed by atoms with Gasteiger partial charge in [-0.25, -0.2) is 4.79 Å². The third kappa shape index (κ3) is 3.35. The normalized spacial score (nSPS) is 22.9. The van der Waals surface area contributed by atoms with Gasteiger partial charge in [-0.3, -0.25) is 5.32 Å². The van der Waals surface area contributed by atoms with Gasteiger partial charge in [0.1, 0.15) is 11.4 Å². The molecule has 1 fully saturated rings. The van der Waals surface area contributed by atoms with Gasteiger partial charge >= 0.3 is 6.09 Å². The van der Waals surface area contributed by atoms with Crippen LogP contribution in [0.5, 0.6) is 5.75 Å². The van der Waals surface area contributed by atoms with Crippen LogP contribution in [0, 0.1) is 5.41 Å². The van der Waals surface area contributed by atoms with Gasteiger partial charge in [0.05, 0.1) is 12.8 Å². The molecule has 2 rings (SSSR count). The topological polar surface area (TPSA) is 73.6 Å². The van der Waals surface area contributed by atoms with E-state index in [0.717, 1.165) is 5.56 Å². The zero-order valence-electron chi connectivity index (χ0n) is 14.2. The van der Waals surface area contributed by atoms with E-state index in [1.165, 1.54) is 0 Å². The van der Waals surface area contributed by atoms with Crippen LogP contribution in [0.25, 0.3) is 0 Å². The summed E-state index contributed by atoms with van der Waals surface area (Å²) in [6.07, 6.45) is -0.498. The number of ether oxygens (including phenoxy) is 2. The monoisotopic (exact) mass is 306 g/mol. The summed E-state index contributed by atoms with van der Waals surface area (Å²) in [6.45, 7) is 9.78. The molecule has 0 aliphatic heterocycles. The Labute approximate surface area is 132 Å². The number of carbonyl (C=O) groups is 1. The highest BCUT2D eigenvalue weighted by Crippen LogP contribution is 2.57. The first-order chi connectivity index (χ1) is 10.1. The van der Waals surface area contributed by atoms with Crippen molar-refractivity contribution in [2.24, 2.45) is 11.1 Å². The lowest BCUT2D eigenvalue weighted by molar-refractivity contribution is 0.0635. The van der Waals surface area contributed by atoms with E-state index in [0.29, 0.717) is 17.4 Å². The van der Waals surface area contributed by atoms with E-state index >= 15 is 0 Å². The number of carbonyl (C=O) groups excluding carboxylic acids is 1. The van der Waals surface area contributed by atoms with E-state index in [1.54, 1.807) is 7.11 Å². The molecule has 3 N–H and O–H groups in total. The summed E-state index contributed by atoms with van der Waals surface area (Å²) in [7, 11) is 1.58. The molecule has 1 aromatic carbocycles. The summed E-state index contributed by atoms with van der Waals surface area (Å²) in [6, 6.07) is 5.90. The quantitative estimate of drug-likeness (QED) is 0.896. The number of nitrogens with two attached hydrogens (primary N) is 1. The average molecular weight is 306 g/mol. The molecule has 0 radical (unpaired) electrons. The third-order valence-electron chi connectivity index (χ3n) is 4.13. The summed E-state index contributed by atoms with van der Waals surface area (Å²) in [4.78, 5) is 11.9. The van der Waals surface area contributed by atoms with Gasteiger partial charge in [0.25, 0.3) is 0 Å². The van der Waals surface area contributed by atoms with Gasteiger partial charge in [0.15, 0.2) is 0 Å². The molecule has 5 heteroatoms. The molecule has 1 amide bonds. The van der Waals surface area contributed by atoms with Crippen molar-refractivity contribution in [3.05, 3.63) is 23.8 Å². The molecule has 2 atom stereocenters. The number of amides is 1. The van der Waals surface area contributed by atoms with Crippen LogP contribution in [-0.2, 0) is 4.74 Å². The van der Waals surface area contributed by atoms with Crippen LogP contribution < -0.4 is 15.8 Å². The average Bonchev–Trinajstić information content (AvgIpc) is 2.86. The smallest absolute Gasteiger partial charge is 0.412 e. The maximum absolute atomic E-state index is 11.9. The van der Waals surface area contributed by atoms with E-state index < -0.39 is 11.7 Å². The lowest BCUT2D eigenvalue weighted by atomic mass is 10.0. The van der Waals surface area contributed by atoms with Crippen LogP contribution in [-0.4, -0.2) is 24.8 Å². The highest BCUT2D eigenvalue weighted by atomic mass is 16.6. The van der Waals surface area contributed by atoms with Gasteiger partial charge in [-0.1, -0.05) is 19.9 Å². The Bertz CT molecular complexity index is 576. The number of rotatable bonds is 3. The predicted octanol–water partition coefficient (Wildman–Crippen LogP) is 3.49. The summed E-state index contributed by atoms with van der Waals surface area (Å²) in [5, 5.41) is 2.72. The van der Waals surface area contributed by atoms with E-state index in [2.05, 4.69) is 19.2 Å². The summed E-state index contributed by atoms with van der Waals surface area (Å²) >= 11 is 0. The van der Waals surface area contributed by atoms with E-state index in [-0.39, 0.29) is 11.5 Å². The van der Waals surface area contributed by atoms with E-state index in [4.69, 9.17) is 15.2 Å². The first kappa shape index (κ1) is 16.6. The molecule has 122 valence electrons. The van der Waals surface area contributed by atoms with E-state index in [9.17, 15) is 4.79 Å². The van der Waals surface area contributed by atoms with Crippen LogP contribution in [0.3, 0.4) is 0 Å². The minimum absolute atomic E-state index is 0.102. The molecule has 0 heterocycles.